The standard InChI is InChI=1S/C13H10ClN3O/c1-18-10-6-4-9(5-7-10)12-15-16-13-11(14)3-2-8-17(12)13/h2-8H,1H3. The third kappa shape index (κ3) is 1.71. The van der Waals surface area contributed by atoms with Crippen molar-refractivity contribution in [1.29, 1.82) is 0 Å². The summed E-state index contributed by atoms with van der Waals surface area (Å²) in [5.41, 5.74) is 1.62. The molecule has 0 bridgehead atoms. The van der Waals surface area contributed by atoms with Crippen LogP contribution >= 0.6 is 11.6 Å². The Balaban J connectivity index is 2.16. The van der Waals surface area contributed by atoms with Gasteiger partial charge in [-0.15, -0.1) is 10.2 Å². The Kier molecular flexibility index (Phi) is 2.64. The van der Waals surface area contributed by atoms with Crippen LogP contribution in [0.25, 0.3) is 17.0 Å². The fraction of sp³-hybridized carbons (Fsp3) is 0.0769. The minimum Gasteiger partial charge on any atom is -0.497 e. The molecule has 1 aromatic carbocycles. The monoisotopic (exact) mass is 259 g/mol. The number of pyridine rings is 1. The maximum atomic E-state index is 6.06. The molecule has 0 radical (unpaired) electrons. The zero-order valence-electron chi connectivity index (χ0n) is 9.67. The van der Waals surface area contributed by atoms with Crippen LogP contribution in [0.5, 0.6) is 5.75 Å². The van der Waals surface area contributed by atoms with E-state index in [9.17, 15) is 0 Å². The summed E-state index contributed by atoms with van der Waals surface area (Å²) < 4.78 is 6.99. The summed E-state index contributed by atoms with van der Waals surface area (Å²) in [6.45, 7) is 0. The minimum atomic E-state index is 0.588. The summed E-state index contributed by atoms with van der Waals surface area (Å²) in [7, 11) is 1.64. The largest absolute Gasteiger partial charge is 0.497 e. The van der Waals surface area contributed by atoms with Crippen molar-refractivity contribution in [2.45, 2.75) is 0 Å². The molecule has 2 heterocycles. The van der Waals surface area contributed by atoms with E-state index in [4.69, 9.17) is 16.3 Å². The second kappa shape index (κ2) is 4.31. The lowest BCUT2D eigenvalue weighted by Crippen LogP contribution is -1.89. The van der Waals surface area contributed by atoms with E-state index in [0.717, 1.165) is 17.1 Å². The highest BCUT2D eigenvalue weighted by Gasteiger charge is 2.09. The molecule has 2 aromatic heterocycles. The Labute approximate surface area is 109 Å². The summed E-state index contributed by atoms with van der Waals surface area (Å²) in [6.07, 6.45) is 1.89. The Hall–Kier alpha value is -2.07. The van der Waals surface area contributed by atoms with Crippen LogP contribution in [-0.4, -0.2) is 21.7 Å². The van der Waals surface area contributed by atoms with Crippen molar-refractivity contribution >= 4 is 17.2 Å². The van der Waals surface area contributed by atoms with Crippen LogP contribution in [0.15, 0.2) is 42.6 Å². The number of halogens is 1. The molecule has 0 atom stereocenters. The molecule has 0 aliphatic carbocycles. The molecule has 0 spiro atoms. The predicted molar refractivity (Wildman–Crippen MR) is 70.0 cm³/mol. The van der Waals surface area contributed by atoms with Gasteiger partial charge < -0.3 is 4.74 Å². The van der Waals surface area contributed by atoms with E-state index in [-0.39, 0.29) is 0 Å². The van der Waals surface area contributed by atoms with E-state index < -0.39 is 0 Å². The average Bonchev–Trinajstić information content (AvgIpc) is 2.84. The molecule has 0 fully saturated rings. The molecule has 5 heteroatoms. The zero-order chi connectivity index (χ0) is 12.5. The smallest absolute Gasteiger partial charge is 0.179 e. The summed E-state index contributed by atoms with van der Waals surface area (Å²) in [5, 5.41) is 8.84. The van der Waals surface area contributed by atoms with Crippen molar-refractivity contribution in [2.24, 2.45) is 0 Å². The molecule has 0 N–H and O–H groups in total. The third-order valence-electron chi connectivity index (χ3n) is 2.74. The number of benzene rings is 1. The maximum Gasteiger partial charge on any atom is 0.179 e. The van der Waals surface area contributed by atoms with Crippen molar-refractivity contribution in [3.63, 3.8) is 0 Å². The van der Waals surface area contributed by atoms with Crippen molar-refractivity contribution in [3.05, 3.63) is 47.6 Å². The minimum absolute atomic E-state index is 0.588. The van der Waals surface area contributed by atoms with Crippen LogP contribution in [0, 0.1) is 0 Å². The average molecular weight is 260 g/mol. The van der Waals surface area contributed by atoms with Crippen LogP contribution < -0.4 is 4.74 Å². The van der Waals surface area contributed by atoms with Gasteiger partial charge in [0, 0.05) is 11.8 Å². The van der Waals surface area contributed by atoms with Crippen molar-refractivity contribution in [1.82, 2.24) is 14.6 Å². The van der Waals surface area contributed by atoms with Crippen LogP contribution in [0.3, 0.4) is 0 Å². The first-order valence-corrected chi connectivity index (χ1v) is 5.81. The third-order valence-corrected chi connectivity index (χ3v) is 3.03. The fourth-order valence-electron chi connectivity index (χ4n) is 1.82. The second-order valence-electron chi connectivity index (χ2n) is 3.80. The molecule has 0 amide bonds. The Morgan fingerprint density at radius 3 is 2.61 bits per heavy atom. The number of nitrogens with zero attached hydrogens (tertiary/aromatic N) is 3. The second-order valence-corrected chi connectivity index (χ2v) is 4.21. The highest BCUT2D eigenvalue weighted by molar-refractivity contribution is 6.33. The van der Waals surface area contributed by atoms with Gasteiger partial charge in [-0.2, -0.15) is 0 Å². The normalized spacial score (nSPS) is 10.8. The van der Waals surface area contributed by atoms with E-state index >= 15 is 0 Å². The molecule has 4 nitrogen and oxygen atoms in total. The van der Waals surface area contributed by atoms with Crippen LogP contribution in [-0.2, 0) is 0 Å². The summed E-state index contributed by atoms with van der Waals surface area (Å²) in [6, 6.07) is 11.3. The van der Waals surface area contributed by atoms with Crippen molar-refractivity contribution in [2.75, 3.05) is 7.11 Å². The summed E-state index contributed by atoms with van der Waals surface area (Å²) in [5.74, 6) is 1.57. The first kappa shape index (κ1) is 11.0. The molecule has 0 saturated heterocycles. The van der Waals surface area contributed by atoms with E-state index in [1.165, 1.54) is 0 Å². The fourth-order valence-corrected chi connectivity index (χ4v) is 2.02. The van der Waals surface area contributed by atoms with E-state index in [1.807, 2.05) is 40.9 Å². The molecular weight excluding hydrogens is 250 g/mol. The van der Waals surface area contributed by atoms with Gasteiger partial charge in [0.25, 0.3) is 0 Å². The molecule has 0 aliphatic rings. The Morgan fingerprint density at radius 2 is 1.89 bits per heavy atom. The van der Waals surface area contributed by atoms with Crippen molar-refractivity contribution < 1.29 is 4.74 Å². The lowest BCUT2D eigenvalue weighted by Gasteiger charge is -2.02. The Morgan fingerprint density at radius 1 is 1.11 bits per heavy atom. The highest BCUT2D eigenvalue weighted by atomic mass is 35.5. The molecule has 0 saturated carbocycles. The molecule has 0 unspecified atom stereocenters. The van der Waals surface area contributed by atoms with Crippen molar-refractivity contribution in [3.8, 4) is 17.1 Å². The molecule has 3 aromatic rings. The number of fused-ring (bicyclic) bond motifs is 1. The number of hydrogen-bond acceptors (Lipinski definition) is 3. The van der Waals surface area contributed by atoms with Gasteiger partial charge in [-0.05, 0) is 36.4 Å². The molecule has 0 aliphatic heterocycles. The number of rotatable bonds is 2. The van der Waals surface area contributed by atoms with Gasteiger partial charge in [0.15, 0.2) is 11.5 Å². The number of methoxy groups -OCH3 is 1. The quantitative estimate of drug-likeness (QED) is 0.710. The number of ether oxygens (including phenoxy) is 1. The molecule has 18 heavy (non-hydrogen) atoms. The van der Waals surface area contributed by atoms with Crippen LogP contribution in [0.4, 0.5) is 0 Å². The molecular formula is C13H10ClN3O. The van der Waals surface area contributed by atoms with Gasteiger partial charge in [0.1, 0.15) is 5.75 Å². The first-order valence-electron chi connectivity index (χ1n) is 5.43. The van der Waals surface area contributed by atoms with Crippen LogP contribution in [0.1, 0.15) is 0 Å². The topological polar surface area (TPSA) is 39.4 Å². The van der Waals surface area contributed by atoms with Gasteiger partial charge in [-0.25, -0.2) is 0 Å². The van der Waals surface area contributed by atoms with E-state index in [0.29, 0.717) is 10.7 Å². The summed E-state index contributed by atoms with van der Waals surface area (Å²) in [4.78, 5) is 0. The van der Waals surface area contributed by atoms with Gasteiger partial charge in [-0.3, -0.25) is 4.40 Å². The first-order chi connectivity index (χ1) is 8.79. The van der Waals surface area contributed by atoms with E-state index in [1.54, 1.807) is 13.2 Å². The number of hydrogen-bond donors (Lipinski definition) is 0. The molecule has 3 rings (SSSR count). The van der Waals surface area contributed by atoms with E-state index in [2.05, 4.69) is 10.2 Å². The zero-order valence-corrected chi connectivity index (χ0v) is 10.4. The maximum absolute atomic E-state index is 6.06. The SMILES string of the molecule is COc1ccc(-c2nnc3c(Cl)cccn23)cc1. The van der Waals surface area contributed by atoms with Gasteiger partial charge in [0.05, 0.1) is 12.1 Å². The molecule has 90 valence electrons. The van der Waals surface area contributed by atoms with Crippen LogP contribution in [0.2, 0.25) is 5.02 Å². The Bertz CT molecular complexity index is 691. The van der Waals surface area contributed by atoms with Gasteiger partial charge in [-0.1, -0.05) is 11.6 Å². The lowest BCUT2D eigenvalue weighted by molar-refractivity contribution is 0.415. The highest BCUT2D eigenvalue weighted by Crippen LogP contribution is 2.23. The number of aromatic nitrogens is 3. The predicted octanol–water partition coefficient (Wildman–Crippen LogP) is 3.06. The lowest BCUT2D eigenvalue weighted by atomic mass is 10.2. The summed E-state index contributed by atoms with van der Waals surface area (Å²) >= 11 is 6.06. The van der Waals surface area contributed by atoms with Gasteiger partial charge >= 0.3 is 0 Å². The van der Waals surface area contributed by atoms with Gasteiger partial charge in [0.2, 0.25) is 0 Å².